The molecule has 2 fully saturated rings. The van der Waals surface area contributed by atoms with Crippen LogP contribution in [0.4, 0.5) is 36.7 Å². The van der Waals surface area contributed by atoms with E-state index in [1.54, 1.807) is 36.5 Å². The summed E-state index contributed by atoms with van der Waals surface area (Å²) in [5, 5.41) is 6.32. The number of benzene rings is 1. The molecule has 2 amide bonds. The molecule has 39 heavy (non-hydrogen) atoms. The maximum atomic E-state index is 13.7. The van der Waals surface area contributed by atoms with Gasteiger partial charge in [-0.25, -0.2) is 18.6 Å². The van der Waals surface area contributed by atoms with Gasteiger partial charge in [-0.1, -0.05) is 0 Å². The maximum Gasteiger partial charge on any atom is 0.327 e. The molecule has 11 heteroatoms. The zero-order valence-electron chi connectivity index (χ0n) is 22.5. The number of anilines is 4. The van der Waals surface area contributed by atoms with E-state index in [1.165, 1.54) is 22.3 Å². The summed E-state index contributed by atoms with van der Waals surface area (Å²) >= 11 is 0. The average Bonchev–Trinajstić information content (AvgIpc) is 3.78. The molecule has 2 N–H and O–H groups in total. The van der Waals surface area contributed by atoms with E-state index in [0.717, 1.165) is 44.7 Å². The van der Waals surface area contributed by atoms with Crippen molar-refractivity contribution >= 4 is 29.2 Å². The molecule has 1 aliphatic carbocycles. The number of aromatic nitrogens is 2. The normalized spacial score (nSPS) is 18.2. The molecule has 2 aromatic rings. The van der Waals surface area contributed by atoms with Crippen molar-refractivity contribution in [2.75, 3.05) is 68.9 Å². The van der Waals surface area contributed by atoms with Crippen LogP contribution in [0, 0.1) is 0 Å². The molecule has 9 nitrogen and oxygen atoms in total. The van der Waals surface area contributed by atoms with Gasteiger partial charge in [0, 0.05) is 76.3 Å². The monoisotopic (exact) mass is 538 g/mol. The van der Waals surface area contributed by atoms with E-state index >= 15 is 0 Å². The molecular weight excluding hydrogens is 502 g/mol. The molecule has 3 heterocycles. The number of alkyl halides is 2. The van der Waals surface area contributed by atoms with E-state index in [0.29, 0.717) is 25.4 Å². The van der Waals surface area contributed by atoms with Gasteiger partial charge >= 0.3 is 6.03 Å². The van der Waals surface area contributed by atoms with E-state index in [-0.39, 0.29) is 23.4 Å². The molecule has 208 valence electrons. The highest BCUT2D eigenvalue weighted by Gasteiger charge is 2.28. The van der Waals surface area contributed by atoms with Crippen LogP contribution in [-0.4, -0.2) is 84.1 Å². The number of carbonyl (C=O) groups is 1. The lowest BCUT2D eigenvalue weighted by atomic mass is 10.1. The van der Waals surface area contributed by atoms with Crippen LogP contribution in [0.1, 0.15) is 42.7 Å². The lowest BCUT2D eigenvalue weighted by Crippen LogP contribution is -2.44. The first kappa shape index (κ1) is 26.9. The molecule has 0 radical (unpaired) electrons. The summed E-state index contributed by atoms with van der Waals surface area (Å²) in [5.41, 5.74) is 3.10. The van der Waals surface area contributed by atoms with Crippen LogP contribution in [0.15, 0.2) is 48.9 Å². The molecule has 0 atom stereocenters. The highest BCUT2D eigenvalue weighted by Crippen LogP contribution is 2.45. The van der Waals surface area contributed by atoms with E-state index in [9.17, 15) is 13.6 Å². The summed E-state index contributed by atoms with van der Waals surface area (Å²) in [4.78, 5) is 28.8. The van der Waals surface area contributed by atoms with Crippen LogP contribution in [0.3, 0.4) is 0 Å². The molecule has 0 unspecified atom stereocenters. The quantitative estimate of drug-likeness (QED) is 0.413. The van der Waals surface area contributed by atoms with Gasteiger partial charge in [0.25, 0.3) is 6.43 Å². The molecule has 2 aliphatic heterocycles. The number of urea groups is 1. The van der Waals surface area contributed by atoms with Gasteiger partial charge in [-0.3, -0.25) is 0 Å². The van der Waals surface area contributed by atoms with Gasteiger partial charge < -0.3 is 30.2 Å². The third-order valence-corrected chi connectivity index (χ3v) is 7.32. The van der Waals surface area contributed by atoms with Gasteiger partial charge in [0.15, 0.2) is 0 Å². The second kappa shape index (κ2) is 12.0. The molecule has 0 bridgehead atoms. The fourth-order valence-corrected chi connectivity index (χ4v) is 4.82. The second-order valence-electron chi connectivity index (χ2n) is 10.3. The smallest absolute Gasteiger partial charge is 0.327 e. The third kappa shape index (κ3) is 6.65. The van der Waals surface area contributed by atoms with E-state index in [4.69, 9.17) is 0 Å². The van der Waals surface area contributed by atoms with Crippen molar-refractivity contribution < 1.29 is 13.6 Å². The first-order chi connectivity index (χ1) is 18.9. The van der Waals surface area contributed by atoms with E-state index in [1.807, 2.05) is 0 Å². The highest BCUT2D eigenvalue weighted by atomic mass is 19.3. The molecule has 3 aliphatic rings. The molecule has 1 saturated carbocycles. The SMILES string of the molecule is CN1CCN(c2ccc(Nc3ncc(C(F)F)c(NCCCN4C=CC=CN(C)C4=O)n3)c(C3CC3)c2)CC1. The first-order valence-corrected chi connectivity index (χ1v) is 13.5. The van der Waals surface area contributed by atoms with E-state index in [2.05, 4.69) is 55.6 Å². The number of likely N-dealkylation sites (N-methyl/N-ethyl adjacent to an activating group) is 1. The van der Waals surface area contributed by atoms with Crippen molar-refractivity contribution in [1.82, 2.24) is 24.7 Å². The summed E-state index contributed by atoms with van der Waals surface area (Å²) in [6.07, 6.45) is 8.29. The van der Waals surface area contributed by atoms with Crippen LogP contribution in [0.25, 0.3) is 0 Å². The summed E-state index contributed by atoms with van der Waals surface area (Å²) in [7, 11) is 3.84. The first-order valence-electron chi connectivity index (χ1n) is 13.5. The Morgan fingerprint density at radius 3 is 2.59 bits per heavy atom. The Balaban J connectivity index is 1.26. The summed E-state index contributed by atoms with van der Waals surface area (Å²) < 4.78 is 27.5. The van der Waals surface area contributed by atoms with Crippen LogP contribution < -0.4 is 15.5 Å². The number of allylic oxidation sites excluding steroid dienone is 2. The molecule has 0 spiro atoms. The summed E-state index contributed by atoms with van der Waals surface area (Å²) in [6, 6.07) is 6.27. The van der Waals surface area contributed by atoms with Crippen molar-refractivity contribution in [2.24, 2.45) is 0 Å². The minimum Gasteiger partial charge on any atom is -0.369 e. The van der Waals surface area contributed by atoms with Gasteiger partial charge in [0.05, 0.1) is 5.56 Å². The molecule has 1 aromatic heterocycles. The molecular formula is C28H36F2N8O. The number of amides is 2. The van der Waals surface area contributed by atoms with Crippen LogP contribution in [0.5, 0.6) is 0 Å². The summed E-state index contributed by atoms with van der Waals surface area (Å²) in [6.45, 7) is 4.89. The van der Waals surface area contributed by atoms with Gasteiger partial charge in [-0.2, -0.15) is 4.98 Å². The van der Waals surface area contributed by atoms with Crippen molar-refractivity contribution in [3.05, 3.63) is 60.1 Å². The number of nitrogens with one attached hydrogen (secondary N) is 2. The van der Waals surface area contributed by atoms with Crippen molar-refractivity contribution in [1.29, 1.82) is 0 Å². The molecule has 1 aromatic carbocycles. The Bertz CT molecular complexity index is 1220. The van der Waals surface area contributed by atoms with Crippen molar-refractivity contribution in [3.8, 4) is 0 Å². The van der Waals surface area contributed by atoms with Gasteiger partial charge in [0.2, 0.25) is 5.95 Å². The van der Waals surface area contributed by atoms with Gasteiger partial charge in [-0.05, 0) is 68.1 Å². The standard InChI is InChI=1S/C28H36F2N8O/c1-35-14-16-37(17-15-35)21-8-9-24(22(18-21)20-6-7-20)33-27-32-19-23(25(29)30)26(34-27)31-10-5-13-38-12-4-3-11-36(2)28(38)39/h3-4,8-9,11-12,18-20,25H,5-7,10,13-17H2,1-2H3,(H2,31,32,33,34). The predicted molar refractivity (Wildman–Crippen MR) is 150 cm³/mol. The topological polar surface area (TPSA) is 79.9 Å². The zero-order valence-corrected chi connectivity index (χ0v) is 22.5. The fraction of sp³-hybridized carbons (Fsp3) is 0.464. The number of nitrogens with zero attached hydrogens (tertiary/aromatic N) is 6. The number of rotatable bonds is 10. The summed E-state index contributed by atoms with van der Waals surface area (Å²) in [5.74, 6) is 0.860. The van der Waals surface area contributed by atoms with Crippen molar-refractivity contribution in [3.63, 3.8) is 0 Å². The Hall–Kier alpha value is -3.73. The number of halogens is 2. The minimum absolute atomic E-state index is 0.0982. The van der Waals surface area contributed by atoms with Gasteiger partial charge in [0.1, 0.15) is 5.82 Å². The second-order valence-corrected chi connectivity index (χ2v) is 10.3. The fourth-order valence-electron chi connectivity index (χ4n) is 4.82. The average molecular weight is 539 g/mol. The lowest BCUT2D eigenvalue weighted by Gasteiger charge is -2.34. The van der Waals surface area contributed by atoms with E-state index < -0.39 is 6.43 Å². The minimum atomic E-state index is -2.71. The third-order valence-electron chi connectivity index (χ3n) is 7.32. The lowest BCUT2D eigenvalue weighted by molar-refractivity contribution is 0.151. The number of hydrogen-bond acceptors (Lipinski definition) is 7. The number of hydrogen-bond donors (Lipinski definition) is 2. The Morgan fingerprint density at radius 2 is 1.85 bits per heavy atom. The van der Waals surface area contributed by atoms with Crippen molar-refractivity contribution in [2.45, 2.75) is 31.6 Å². The number of carbonyl (C=O) groups excluding carboxylic acids is 1. The Kier molecular flexibility index (Phi) is 8.25. The highest BCUT2D eigenvalue weighted by molar-refractivity contribution is 5.76. The Labute approximate surface area is 228 Å². The Morgan fingerprint density at radius 1 is 1.08 bits per heavy atom. The van der Waals surface area contributed by atoms with Crippen LogP contribution >= 0.6 is 0 Å². The largest absolute Gasteiger partial charge is 0.369 e. The van der Waals surface area contributed by atoms with Crippen LogP contribution in [-0.2, 0) is 0 Å². The number of piperazine rings is 1. The predicted octanol–water partition coefficient (Wildman–Crippen LogP) is 4.98. The molecule has 1 saturated heterocycles. The molecule has 5 rings (SSSR count). The van der Waals surface area contributed by atoms with Crippen LogP contribution in [0.2, 0.25) is 0 Å². The maximum absolute atomic E-state index is 13.7. The zero-order chi connectivity index (χ0) is 27.4. The van der Waals surface area contributed by atoms with Gasteiger partial charge in [-0.15, -0.1) is 0 Å².